The molecule has 1 aliphatic rings. The fourth-order valence-corrected chi connectivity index (χ4v) is 3.62. The van der Waals surface area contributed by atoms with Crippen molar-refractivity contribution in [2.75, 3.05) is 11.5 Å². The Kier molecular flexibility index (Phi) is 4.88. The van der Waals surface area contributed by atoms with Crippen molar-refractivity contribution < 1.29 is 5.41 Å². The Balaban J connectivity index is 2.32. The molecule has 3 nitrogen and oxygen atoms in total. The van der Waals surface area contributed by atoms with Crippen LogP contribution in [0.2, 0.25) is 0 Å². The molecule has 0 atom stereocenters. The van der Waals surface area contributed by atoms with E-state index in [0.29, 0.717) is 0 Å². The van der Waals surface area contributed by atoms with Gasteiger partial charge in [-0.1, -0.05) is 12.1 Å². The topological polar surface area (TPSA) is 77.6 Å². The van der Waals surface area contributed by atoms with E-state index < -0.39 is 0 Å². The highest BCUT2D eigenvalue weighted by Crippen LogP contribution is 2.35. The predicted molar refractivity (Wildman–Crippen MR) is 115 cm³/mol. The van der Waals surface area contributed by atoms with E-state index in [0.717, 1.165) is 60.5 Å². The van der Waals surface area contributed by atoms with Gasteiger partial charge in [0.05, 0.1) is 4.48 Å². The summed E-state index contributed by atoms with van der Waals surface area (Å²) in [7, 11) is 0. The fraction of sp³-hybridized carbons (Fsp3) is 0.136. The molecular formula is C22H23BrN3+. The third-order valence-electron chi connectivity index (χ3n) is 4.74. The Labute approximate surface area is 162 Å². The van der Waals surface area contributed by atoms with Gasteiger partial charge in [-0.3, -0.25) is 5.41 Å². The monoisotopic (exact) mass is 408 g/mol. The fourth-order valence-electron chi connectivity index (χ4n) is 3.06. The quantitative estimate of drug-likeness (QED) is 0.662. The minimum Gasteiger partial charge on any atom is -0.399 e. The molecule has 6 N–H and O–H groups in total. The summed E-state index contributed by atoms with van der Waals surface area (Å²) in [5, 5.41) is 6.13. The molecule has 132 valence electrons. The smallest absolute Gasteiger partial charge is 0.213 e. The lowest BCUT2D eigenvalue weighted by atomic mass is 9.88. The predicted octanol–water partition coefficient (Wildman–Crippen LogP) is 3.71. The Bertz CT molecular complexity index is 933. The van der Waals surface area contributed by atoms with Crippen molar-refractivity contribution >= 4 is 38.6 Å². The van der Waals surface area contributed by atoms with Gasteiger partial charge < -0.3 is 11.5 Å². The Morgan fingerprint density at radius 3 is 1.77 bits per heavy atom. The van der Waals surface area contributed by atoms with Crippen molar-refractivity contribution in [1.29, 1.82) is 0 Å². The number of halogens is 1. The highest BCUT2D eigenvalue weighted by Gasteiger charge is 2.20. The summed E-state index contributed by atoms with van der Waals surface area (Å²) in [5.41, 5.74) is 22.0. The first-order valence-electron chi connectivity index (χ1n) is 8.44. The Hall–Kier alpha value is -2.59. The largest absolute Gasteiger partial charge is 0.399 e. The van der Waals surface area contributed by atoms with Crippen LogP contribution in [0.25, 0.3) is 5.57 Å². The molecule has 26 heavy (non-hydrogen) atoms. The molecule has 0 unspecified atom stereocenters. The van der Waals surface area contributed by atoms with Gasteiger partial charge in [0.2, 0.25) is 5.71 Å². The van der Waals surface area contributed by atoms with Gasteiger partial charge in [-0.2, -0.15) is 0 Å². The maximum atomic E-state index is 6.13. The maximum absolute atomic E-state index is 6.13. The van der Waals surface area contributed by atoms with Gasteiger partial charge in [-0.05, 0) is 107 Å². The third kappa shape index (κ3) is 3.37. The number of benzene rings is 2. The lowest BCUT2D eigenvalue weighted by Gasteiger charge is -2.17. The molecule has 1 aliphatic carbocycles. The number of aryl methyl sites for hydroxylation is 2. The summed E-state index contributed by atoms with van der Waals surface area (Å²) in [6, 6.07) is 12.3. The molecule has 2 aromatic rings. The van der Waals surface area contributed by atoms with E-state index >= 15 is 0 Å². The summed E-state index contributed by atoms with van der Waals surface area (Å²) in [6.07, 6.45) is 4.18. The van der Waals surface area contributed by atoms with Crippen LogP contribution in [0.5, 0.6) is 0 Å². The van der Waals surface area contributed by atoms with Gasteiger partial charge in [-0.25, -0.2) is 0 Å². The Morgan fingerprint density at radius 1 is 0.846 bits per heavy atom. The number of anilines is 2. The molecular weight excluding hydrogens is 386 g/mol. The van der Waals surface area contributed by atoms with E-state index in [-0.39, 0.29) is 0 Å². The normalized spacial score (nSPS) is 14.2. The number of hydrogen-bond donors (Lipinski definition) is 3. The van der Waals surface area contributed by atoms with Crippen molar-refractivity contribution in [3.8, 4) is 0 Å². The SMILES string of the molecule is CC1=CC(=C(c2ccc(N)c(C)c2)c2ccc(N)c(C)c2)C=C(Br)C1=[NH2+]. The van der Waals surface area contributed by atoms with Crippen LogP contribution in [0, 0.1) is 13.8 Å². The molecule has 4 heteroatoms. The van der Waals surface area contributed by atoms with Crippen molar-refractivity contribution in [3.63, 3.8) is 0 Å². The molecule has 0 bridgehead atoms. The van der Waals surface area contributed by atoms with Crippen LogP contribution in [-0.2, 0) is 0 Å². The molecule has 3 rings (SSSR count). The number of nitrogen functional groups attached to an aromatic ring is 2. The number of nitrogens with two attached hydrogens (primary N) is 3. The van der Waals surface area contributed by atoms with Crippen LogP contribution in [0.3, 0.4) is 0 Å². The third-order valence-corrected chi connectivity index (χ3v) is 5.40. The van der Waals surface area contributed by atoms with Gasteiger partial charge in [-0.15, -0.1) is 0 Å². The van der Waals surface area contributed by atoms with Crippen molar-refractivity contribution in [2.45, 2.75) is 20.8 Å². The molecule has 0 fully saturated rings. The minimum atomic E-state index is 0.759. The van der Waals surface area contributed by atoms with Gasteiger partial charge in [0.15, 0.2) is 0 Å². The van der Waals surface area contributed by atoms with Crippen molar-refractivity contribution in [3.05, 3.63) is 86.4 Å². The molecule has 0 aliphatic heterocycles. The molecule has 0 amide bonds. The molecule has 0 saturated heterocycles. The summed E-state index contributed by atoms with van der Waals surface area (Å²) in [5.74, 6) is 0. The van der Waals surface area contributed by atoms with Crippen LogP contribution >= 0.6 is 15.9 Å². The number of allylic oxidation sites excluding steroid dienone is 5. The van der Waals surface area contributed by atoms with Crippen LogP contribution in [0.1, 0.15) is 29.2 Å². The lowest BCUT2D eigenvalue weighted by Crippen LogP contribution is -2.41. The zero-order chi connectivity index (χ0) is 19.0. The van der Waals surface area contributed by atoms with Gasteiger partial charge in [0.25, 0.3) is 0 Å². The first-order chi connectivity index (χ1) is 12.3. The second-order valence-corrected chi connectivity index (χ2v) is 7.56. The Morgan fingerprint density at radius 2 is 1.35 bits per heavy atom. The van der Waals surface area contributed by atoms with Gasteiger partial charge in [0.1, 0.15) is 0 Å². The average Bonchev–Trinajstić information content (AvgIpc) is 2.59. The summed E-state index contributed by atoms with van der Waals surface area (Å²) >= 11 is 3.58. The van der Waals surface area contributed by atoms with Crippen LogP contribution < -0.4 is 16.9 Å². The molecule has 0 radical (unpaired) electrons. The van der Waals surface area contributed by atoms with Gasteiger partial charge in [0, 0.05) is 16.9 Å². The first-order valence-corrected chi connectivity index (χ1v) is 9.23. The van der Waals surface area contributed by atoms with E-state index in [9.17, 15) is 0 Å². The second-order valence-electron chi connectivity index (χ2n) is 6.71. The van der Waals surface area contributed by atoms with Gasteiger partial charge >= 0.3 is 0 Å². The molecule has 0 saturated carbocycles. The minimum absolute atomic E-state index is 0.759. The molecule has 0 spiro atoms. The van der Waals surface area contributed by atoms with Crippen LogP contribution in [0.4, 0.5) is 11.4 Å². The average molecular weight is 409 g/mol. The highest BCUT2D eigenvalue weighted by molar-refractivity contribution is 9.12. The van der Waals surface area contributed by atoms with Crippen molar-refractivity contribution in [2.24, 2.45) is 0 Å². The van der Waals surface area contributed by atoms with E-state index in [2.05, 4.69) is 52.3 Å². The number of hydrogen-bond acceptors (Lipinski definition) is 2. The van der Waals surface area contributed by atoms with Crippen LogP contribution in [-0.4, -0.2) is 5.71 Å². The van der Waals surface area contributed by atoms with E-state index in [1.807, 2.05) is 32.9 Å². The second kappa shape index (κ2) is 6.96. The highest BCUT2D eigenvalue weighted by atomic mass is 79.9. The zero-order valence-corrected chi connectivity index (χ0v) is 16.8. The summed E-state index contributed by atoms with van der Waals surface area (Å²) < 4.78 is 0.893. The molecule has 0 heterocycles. The standard InChI is InChI=1S/C22H22BrN3/c1-12-8-15(4-6-19(12)24)21(16-5-7-20(25)13(2)9-16)17-10-14(3)22(26)18(23)11-17/h4-11,26H,24-25H2,1-3H3/p+1. The van der Waals surface area contributed by atoms with E-state index in [1.54, 1.807) is 0 Å². The van der Waals surface area contributed by atoms with Crippen LogP contribution in [0.15, 0.2) is 64.2 Å². The summed E-state index contributed by atoms with van der Waals surface area (Å²) in [4.78, 5) is 0. The van der Waals surface area contributed by atoms with E-state index in [4.69, 9.17) is 16.9 Å². The summed E-state index contributed by atoms with van der Waals surface area (Å²) in [6.45, 7) is 6.06. The molecule has 0 aromatic heterocycles. The first kappa shape index (κ1) is 18.2. The lowest BCUT2D eigenvalue weighted by molar-refractivity contribution is -0.111. The zero-order valence-electron chi connectivity index (χ0n) is 15.2. The molecule has 2 aromatic carbocycles. The maximum Gasteiger partial charge on any atom is 0.213 e. The number of rotatable bonds is 2. The van der Waals surface area contributed by atoms with Crippen molar-refractivity contribution in [1.82, 2.24) is 0 Å². The van der Waals surface area contributed by atoms with E-state index in [1.165, 1.54) is 0 Å².